The lowest BCUT2D eigenvalue weighted by Crippen LogP contribution is -2.32. The molecular weight excluding hydrogens is 282 g/mol. The number of hydrogen-bond donors (Lipinski definition) is 1. The van der Waals surface area contributed by atoms with Crippen LogP contribution < -0.4 is 4.74 Å². The number of likely N-dealkylation sites (N-methyl/N-ethyl adjacent to an activating group) is 1. The van der Waals surface area contributed by atoms with Gasteiger partial charge in [-0.2, -0.15) is 4.31 Å². The number of hydrogen-bond acceptors (Lipinski definition) is 4. The summed E-state index contributed by atoms with van der Waals surface area (Å²) in [6.45, 7) is -0.618. The highest BCUT2D eigenvalue weighted by atomic mass is 35.5. The summed E-state index contributed by atoms with van der Waals surface area (Å²) < 4.78 is 29.7. The average molecular weight is 294 g/mol. The van der Waals surface area contributed by atoms with Crippen molar-refractivity contribution in [1.29, 1.82) is 0 Å². The second-order valence-electron chi connectivity index (χ2n) is 3.45. The molecule has 0 amide bonds. The maximum atomic E-state index is 12.0. The van der Waals surface area contributed by atoms with Gasteiger partial charge in [0.05, 0.1) is 17.0 Å². The minimum absolute atomic E-state index is 0.0764. The average Bonchev–Trinajstić information content (AvgIpc) is 2.28. The Kier molecular flexibility index (Phi) is 4.55. The molecule has 0 unspecified atom stereocenters. The normalized spacial score (nSPS) is 11.6. The molecule has 18 heavy (non-hydrogen) atoms. The van der Waals surface area contributed by atoms with Crippen LogP contribution in [0.5, 0.6) is 5.75 Å². The van der Waals surface area contributed by atoms with Gasteiger partial charge in [0.1, 0.15) is 12.3 Å². The van der Waals surface area contributed by atoms with Gasteiger partial charge in [-0.1, -0.05) is 11.6 Å². The van der Waals surface area contributed by atoms with E-state index in [2.05, 4.69) is 0 Å². The Balaban J connectivity index is 3.16. The Hall–Kier alpha value is -1.31. The number of nitrogens with zero attached hydrogens (tertiary/aromatic N) is 1. The van der Waals surface area contributed by atoms with Crippen LogP contribution in [-0.2, 0) is 14.8 Å². The first-order chi connectivity index (χ1) is 8.28. The zero-order valence-electron chi connectivity index (χ0n) is 9.75. The third-order valence-corrected chi connectivity index (χ3v) is 4.30. The molecule has 0 heterocycles. The van der Waals surface area contributed by atoms with E-state index in [-0.39, 0.29) is 15.7 Å². The summed E-state index contributed by atoms with van der Waals surface area (Å²) in [6, 6.07) is 3.91. The van der Waals surface area contributed by atoms with Gasteiger partial charge < -0.3 is 9.84 Å². The van der Waals surface area contributed by atoms with Crippen LogP contribution in [0.25, 0.3) is 0 Å². The Morgan fingerprint density at radius 3 is 2.61 bits per heavy atom. The Labute approximate surface area is 110 Å². The highest BCUT2D eigenvalue weighted by Crippen LogP contribution is 2.28. The van der Waals surface area contributed by atoms with Crippen LogP contribution in [0.15, 0.2) is 23.1 Å². The predicted octanol–water partition coefficient (Wildman–Crippen LogP) is 1.05. The smallest absolute Gasteiger partial charge is 0.318 e. The Bertz CT molecular complexity index is 557. The Morgan fingerprint density at radius 2 is 2.11 bits per heavy atom. The number of halogens is 1. The lowest BCUT2D eigenvalue weighted by atomic mass is 10.3. The van der Waals surface area contributed by atoms with Crippen molar-refractivity contribution in [1.82, 2.24) is 4.31 Å². The van der Waals surface area contributed by atoms with Crippen molar-refractivity contribution in [2.24, 2.45) is 0 Å². The minimum Gasteiger partial charge on any atom is -0.495 e. The fourth-order valence-corrected chi connectivity index (χ4v) is 2.59. The van der Waals surface area contributed by atoms with Crippen LogP contribution in [0.3, 0.4) is 0 Å². The minimum atomic E-state index is -3.87. The quantitative estimate of drug-likeness (QED) is 0.877. The number of ether oxygens (including phenoxy) is 1. The van der Waals surface area contributed by atoms with Crippen molar-refractivity contribution in [2.45, 2.75) is 4.90 Å². The summed E-state index contributed by atoms with van der Waals surface area (Å²) in [7, 11) is -1.32. The van der Waals surface area contributed by atoms with Gasteiger partial charge in [-0.05, 0) is 12.1 Å². The third-order valence-electron chi connectivity index (χ3n) is 2.19. The number of carboxylic acids is 1. The summed E-state index contributed by atoms with van der Waals surface area (Å²) in [6.07, 6.45) is 0. The lowest BCUT2D eigenvalue weighted by molar-refractivity contribution is -0.137. The number of rotatable bonds is 5. The van der Waals surface area contributed by atoms with Gasteiger partial charge in [0.15, 0.2) is 0 Å². The van der Waals surface area contributed by atoms with Gasteiger partial charge in [-0.25, -0.2) is 8.42 Å². The molecule has 0 fully saturated rings. The molecule has 0 bridgehead atoms. The first-order valence-corrected chi connectivity index (χ1v) is 6.62. The molecule has 0 aromatic heterocycles. The van der Waals surface area contributed by atoms with Crippen molar-refractivity contribution in [2.75, 3.05) is 20.7 Å². The molecule has 1 aromatic carbocycles. The van der Waals surface area contributed by atoms with E-state index in [9.17, 15) is 13.2 Å². The lowest BCUT2D eigenvalue weighted by Gasteiger charge is -2.15. The molecular formula is C10H12ClNO5S. The van der Waals surface area contributed by atoms with E-state index in [1.807, 2.05) is 0 Å². The van der Waals surface area contributed by atoms with E-state index in [1.165, 1.54) is 32.4 Å². The summed E-state index contributed by atoms with van der Waals surface area (Å²) in [4.78, 5) is 10.4. The topological polar surface area (TPSA) is 83.9 Å². The number of carbonyl (C=O) groups is 1. The molecule has 8 heteroatoms. The molecule has 0 atom stereocenters. The van der Waals surface area contributed by atoms with Gasteiger partial charge in [-0.3, -0.25) is 4.79 Å². The molecule has 6 nitrogen and oxygen atoms in total. The first kappa shape index (κ1) is 14.7. The molecule has 0 saturated heterocycles. The Morgan fingerprint density at radius 1 is 1.50 bits per heavy atom. The van der Waals surface area contributed by atoms with Crippen LogP contribution >= 0.6 is 11.6 Å². The van der Waals surface area contributed by atoms with Crippen LogP contribution in [0.1, 0.15) is 0 Å². The van der Waals surface area contributed by atoms with Crippen molar-refractivity contribution < 1.29 is 23.1 Å². The molecule has 0 aliphatic carbocycles. The molecule has 0 aliphatic heterocycles. The van der Waals surface area contributed by atoms with Crippen LogP contribution in [-0.4, -0.2) is 44.5 Å². The van der Waals surface area contributed by atoms with Gasteiger partial charge in [0.2, 0.25) is 10.0 Å². The molecule has 1 N–H and O–H groups in total. The van der Waals surface area contributed by atoms with Crippen molar-refractivity contribution in [3.63, 3.8) is 0 Å². The number of sulfonamides is 1. The monoisotopic (exact) mass is 293 g/mol. The summed E-state index contributed by atoms with van der Waals surface area (Å²) >= 11 is 5.78. The zero-order chi connectivity index (χ0) is 13.9. The molecule has 1 rings (SSSR count). The molecule has 100 valence electrons. The highest BCUT2D eigenvalue weighted by Gasteiger charge is 2.23. The second kappa shape index (κ2) is 5.55. The molecule has 1 aromatic rings. The number of methoxy groups -OCH3 is 1. The standard InChI is InChI=1S/C10H12ClNO5S/c1-12(6-10(13)14)18(15,16)7-3-4-8(11)9(5-7)17-2/h3-5H,6H2,1-2H3,(H,13,14). The van der Waals surface area contributed by atoms with Crippen LogP contribution in [0.2, 0.25) is 5.02 Å². The van der Waals surface area contributed by atoms with Crippen molar-refractivity contribution in [3.05, 3.63) is 23.2 Å². The van der Waals surface area contributed by atoms with E-state index in [0.717, 1.165) is 4.31 Å². The van der Waals surface area contributed by atoms with Gasteiger partial charge in [0, 0.05) is 13.1 Å². The fourth-order valence-electron chi connectivity index (χ4n) is 1.26. The van der Waals surface area contributed by atoms with E-state index < -0.39 is 22.5 Å². The van der Waals surface area contributed by atoms with Gasteiger partial charge in [-0.15, -0.1) is 0 Å². The van der Waals surface area contributed by atoms with Crippen LogP contribution in [0.4, 0.5) is 0 Å². The number of aliphatic carboxylic acids is 1. The summed E-state index contributed by atoms with van der Waals surface area (Å²) in [5.41, 5.74) is 0. The van der Waals surface area contributed by atoms with Gasteiger partial charge in [0.25, 0.3) is 0 Å². The third kappa shape index (κ3) is 3.12. The molecule has 0 spiro atoms. The molecule has 0 aliphatic rings. The second-order valence-corrected chi connectivity index (χ2v) is 5.90. The zero-order valence-corrected chi connectivity index (χ0v) is 11.3. The van der Waals surface area contributed by atoms with E-state index in [1.54, 1.807) is 0 Å². The molecule has 0 radical (unpaired) electrons. The first-order valence-electron chi connectivity index (χ1n) is 4.80. The van der Waals surface area contributed by atoms with E-state index in [0.29, 0.717) is 0 Å². The summed E-state index contributed by atoms with van der Waals surface area (Å²) in [5.74, 6) is -1.02. The number of carboxylic acid groups (broad SMARTS) is 1. The SMILES string of the molecule is COc1cc(S(=O)(=O)N(C)CC(=O)O)ccc1Cl. The largest absolute Gasteiger partial charge is 0.495 e. The predicted molar refractivity (Wildman–Crippen MR) is 65.5 cm³/mol. The van der Waals surface area contributed by atoms with E-state index >= 15 is 0 Å². The van der Waals surface area contributed by atoms with Crippen LogP contribution in [0, 0.1) is 0 Å². The van der Waals surface area contributed by atoms with Crippen molar-refractivity contribution >= 4 is 27.6 Å². The summed E-state index contributed by atoms with van der Waals surface area (Å²) in [5, 5.41) is 8.86. The highest BCUT2D eigenvalue weighted by molar-refractivity contribution is 7.89. The molecule has 0 saturated carbocycles. The maximum Gasteiger partial charge on any atom is 0.318 e. The maximum absolute atomic E-state index is 12.0. The number of benzene rings is 1. The van der Waals surface area contributed by atoms with Crippen molar-refractivity contribution in [3.8, 4) is 5.75 Å². The van der Waals surface area contributed by atoms with E-state index in [4.69, 9.17) is 21.4 Å². The van der Waals surface area contributed by atoms with Gasteiger partial charge >= 0.3 is 5.97 Å². The fraction of sp³-hybridized carbons (Fsp3) is 0.300.